The summed E-state index contributed by atoms with van der Waals surface area (Å²) in [5.41, 5.74) is 5.79. The molecule has 5 heteroatoms. The van der Waals surface area contributed by atoms with E-state index in [1.54, 1.807) is 40.7 Å². The van der Waals surface area contributed by atoms with E-state index in [0.29, 0.717) is 16.7 Å². The van der Waals surface area contributed by atoms with Gasteiger partial charge in [0, 0.05) is 11.8 Å². The molecule has 0 atom stereocenters. The first kappa shape index (κ1) is 14.9. The van der Waals surface area contributed by atoms with Crippen LogP contribution in [-0.2, 0) is 4.65 Å². The molecule has 18 heavy (non-hydrogen) atoms. The summed E-state index contributed by atoms with van der Waals surface area (Å²) in [6.07, 6.45) is 0. The van der Waals surface area contributed by atoms with Crippen LogP contribution in [0.2, 0.25) is 0 Å². The van der Waals surface area contributed by atoms with Crippen molar-refractivity contribution in [3.63, 3.8) is 0 Å². The average molecular weight is 250 g/mol. The molecule has 0 aliphatic carbocycles. The van der Waals surface area contributed by atoms with E-state index in [2.05, 4.69) is 0 Å². The number of aliphatic hydroxyl groups is 1. The van der Waals surface area contributed by atoms with Crippen molar-refractivity contribution in [1.29, 1.82) is 0 Å². The predicted molar refractivity (Wildman–Crippen MR) is 74.1 cm³/mol. The van der Waals surface area contributed by atoms with Crippen LogP contribution in [-0.4, -0.2) is 28.9 Å². The summed E-state index contributed by atoms with van der Waals surface area (Å²) < 4.78 is 5.63. The monoisotopic (exact) mass is 250 g/mol. The maximum atomic E-state index is 9.98. The van der Waals surface area contributed by atoms with Crippen LogP contribution in [0.25, 0.3) is 0 Å². The van der Waals surface area contributed by atoms with Gasteiger partial charge in [-0.05, 0) is 51.7 Å². The van der Waals surface area contributed by atoms with Crippen LogP contribution in [0.4, 0.5) is 5.69 Å². The molecule has 0 unspecified atom stereocenters. The first-order valence-electron chi connectivity index (χ1n) is 5.87. The van der Waals surface area contributed by atoms with Crippen molar-refractivity contribution in [2.45, 2.75) is 45.8 Å². The van der Waals surface area contributed by atoms with Gasteiger partial charge in [-0.25, -0.2) is 0 Å². The van der Waals surface area contributed by atoms with E-state index in [-0.39, 0.29) is 5.75 Å². The SMILES string of the molecule is Cc1c(O)cc(N)cc1[B]OC(C)(C)C(C)(C)O. The number of rotatable bonds is 4. The van der Waals surface area contributed by atoms with Gasteiger partial charge in [0.15, 0.2) is 0 Å². The molecule has 0 aliphatic rings. The number of phenolic OH excluding ortho intramolecular Hbond substituents is 1. The summed E-state index contributed by atoms with van der Waals surface area (Å²) in [7, 11) is 1.52. The zero-order chi connectivity index (χ0) is 14.1. The van der Waals surface area contributed by atoms with Crippen molar-refractivity contribution in [1.82, 2.24) is 0 Å². The molecular formula is C13H21BNO3. The molecule has 1 radical (unpaired) electrons. The highest BCUT2D eigenvalue weighted by Crippen LogP contribution is 2.25. The number of aromatic hydroxyl groups is 1. The summed E-state index contributed by atoms with van der Waals surface area (Å²) in [5.74, 6) is 0.130. The van der Waals surface area contributed by atoms with Crippen LogP contribution in [0.5, 0.6) is 5.75 Å². The van der Waals surface area contributed by atoms with E-state index in [1.807, 2.05) is 0 Å². The molecule has 4 N–H and O–H groups in total. The van der Waals surface area contributed by atoms with Gasteiger partial charge in [0.05, 0.1) is 11.2 Å². The fourth-order valence-corrected chi connectivity index (χ4v) is 1.22. The van der Waals surface area contributed by atoms with Crippen molar-refractivity contribution >= 4 is 18.6 Å². The molecule has 0 fully saturated rings. The van der Waals surface area contributed by atoms with Crippen molar-refractivity contribution in [2.24, 2.45) is 0 Å². The smallest absolute Gasteiger partial charge is 0.331 e. The lowest BCUT2D eigenvalue weighted by molar-refractivity contribution is -0.0893. The normalized spacial score (nSPS) is 12.6. The Morgan fingerprint density at radius 3 is 2.28 bits per heavy atom. The first-order chi connectivity index (χ1) is 8.04. The number of phenols is 1. The van der Waals surface area contributed by atoms with Gasteiger partial charge in [-0.3, -0.25) is 0 Å². The topological polar surface area (TPSA) is 75.7 Å². The fraction of sp³-hybridized carbons (Fsp3) is 0.538. The third kappa shape index (κ3) is 3.18. The second kappa shape index (κ2) is 4.82. The highest BCUT2D eigenvalue weighted by Gasteiger charge is 2.35. The molecule has 1 aromatic carbocycles. The molecule has 1 rings (SSSR count). The number of hydrogen-bond donors (Lipinski definition) is 3. The molecule has 4 nitrogen and oxygen atoms in total. The molecular weight excluding hydrogens is 229 g/mol. The minimum absolute atomic E-state index is 0.130. The lowest BCUT2D eigenvalue weighted by Crippen LogP contribution is -2.49. The fourth-order valence-electron chi connectivity index (χ4n) is 1.22. The first-order valence-corrected chi connectivity index (χ1v) is 5.87. The Balaban J connectivity index is 2.88. The van der Waals surface area contributed by atoms with E-state index < -0.39 is 11.2 Å². The second-order valence-corrected chi connectivity index (χ2v) is 5.56. The van der Waals surface area contributed by atoms with Gasteiger partial charge in [0.1, 0.15) is 5.75 Å². The number of benzene rings is 1. The van der Waals surface area contributed by atoms with Crippen LogP contribution in [0.3, 0.4) is 0 Å². The molecule has 0 saturated heterocycles. The van der Waals surface area contributed by atoms with Gasteiger partial charge in [0.2, 0.25) is 0 Å². The standard InChI is InChI=1S/C13H21BNO3/c1-8-10(6-9(15)7-11(8)16)14-18-13(4,5)12(2,3)17/h6-7,16-17H,15H2,1-5H3. The molecule has 0 bridgehead atoms. The Morgan fingerprint density at radius 1 is 1.22 bits per heavy atom. The summed E-state index contributed by atoms with van der Waals surface area (Å²) in [5, 5.41) is 19.6. The average Bonchev–Trinajstić information content (AvgIpc) is 2.19. The van der Waals surface area contributed by atoms with Gasteiger partial charge in [-0.15, -0.1) is 0 Å². The van der Waals surface area contributed by atoms with E-state index >= 15 is 0 Å². The minimum atomic E-state index is -0.986. The molecule has 1 aromatic rings. The number of hydrogen-bond acceptors (Lipinski definition) is 4. The number of anilines is 1. The maximum absolute atomic E-state index is 9.98. The van der Waals surface area contributed by atoms with Crippen molar-refractivity contribution < 1.29 is 14.9 Å². The zero-order valence-electron chi connectivity index (χ0n) is 11.6. The quantitative estimate of drug-likeness (QED) is 0.552. The summed E-state index contributed by atoms with van der Waals surface area (Å²) in [6, 6.07) is 3.21. The van der Waals surface area contributed by atoms with Crippen molar-refractivity contribution in [3.05, 3.63) is 17.7 Å². The Labute approximate surface area is 109 Å². The van der Waals surface area contributed by atoms with Crippen LogP contribution in [0.15, 0.2) is 12.1 Å². The molecule has 0 spiro atoms. The second-order valence-electron chi connectivity index (χ2n) is 5.56. The molecule has 0 aliphatic heterocycles. The van der Waals surface area contributed by atoms with E-state index in [1.165, 1.54) is 13.5 Å². The van der Waals surface area contributed by atoms with Crippen molar-refractivity contribution in [2.75, 3.05) is 5.73 Å². The number of nitrogens with two attached hydrogens (primary N) is 1. The summed E-state index contributed by atoms with van der Waals surface area (Å²) in [6.45, 7) is 8.74. The predicted octanol–water partition coefficient (Wildman–Crippen LogP) is 1.09. The van der Waals surface area contributed by atoms with Gasteiger partial charge in [0.25, 0.3) is 0 Å². The molecule has 99 valence electrons. The van der Waals surface area contributed by atoms with Gasteiger partial charge in [-0.1, -0.05) is 0 Å². The Kier molecular flexibility index (Phi) is 3.98. The van der Waals surface area contributed by atoms with Gasteiger partial charge < -0.3 is 20.6 Å². The van der Waals surface area contributed by atoms with Crippen molar-refractivity contribution in [3.8, 4) is 5.75 Å². The lowest BCUT2D eigenvalue weighted by atomic mass is 9.80. The highest BCUT2D eigenvalue weighted by molar-refractivity contribution is 6.48. The Hall–Kier alpha value is -1.20. The third-order valence-electron chi connectivity index (χ3n) is 3.40. The van der Waals surface area contributed by atoms with Crippen LogP contribution < -0.4 is 11.2 Å². The lowest BCUT2D eigenvalue weighted by Gasteiger charge is -2.37. The number of nitrogen functional groups attached to an aromatic ring is 1. The van der Waals surface area contributed by atoms with E-state index in [4.69, 9.17) is 10.4 Å². The van der Waals surface area contributed by atoms with E-state index in [0.717, 1.165) is 0 Å². The zero-order valence-corrected chi connectivity index (χ0v) is 11.6. The molecule has 0 saturated carbocycles. The van der Waals surface area contributed by atoms with Gasteiger partial charge >= 0.3 is 7.48 Å². The Bertz CT molecular complexity index is 439. The molecule has 0 heterocycles. The molecule has 0 aromatic heterocycles. The Morgan fingerprint density at radius 2 is 1.78 bits per heavy atom. The summed E-state index contributed by atoms with van der Waals surface area (Å²) in [4.78, 5) is 0. The van der Waals surface area contributed by atoms with Crippen LogP contribution in [0.1, 0.15) is 33.3 Å². The van der Waals surface area contributed by atoms with Crippen LogP contribution >= 0.6 is 0 Å². The largest absolute Gasteiger partial charge is 0.508 e. The maximum Gasteiger partial charge on any atom is 0.331 e. The van der Waals surface area contributed by atoms with Gasteiger partial charge in [-0.2, -0.15) is 0 Å². The summed E-state index contributed by atoms with van der Waals surface area (Å²) >= 11 is 0. The van der Waals surface area contributed by atoms with Crippen LogP contribution in [0, 0.1) is 6.92 Å². The minimum Gasteiger partial charge on any atom is -0.508 e. The highest BCUT2D eigenvalue weighted by atomic mass is 16.5. The third-order valence-corrected chi connectivity index (χ3v) is 3.40. The van der Waals surface area contributed by atoms with E-state index in [9.17, 15) is 10.2 Å². The molecule has 0 amide bonds.